The molecule has 0 saturated carbocycles. The monoisotopic (exact) mass is 212 g/mol. The van der Waals surface area contributed by atoms with E-state index in [0.717, 1.165) is 16.5 Å². The number of nitriles is 1. The van der Waals surface area contributed by atoms with Gasteiger partial charge in [-0.2, -0.15) is 5.26 Å². The lowest BCUT2D eigenvalue weighted by Gasteiger charge is -2.19. The molecule has 0 amide bonds. The maximum absolute atomic E-state index is 9.10. The molecular weight excluding hydrogens is 200 g/mol. The normalized spacial score (nSPS) is 14.3. The summed E-state index contributed by atoms with van der Waals surface area (Å²) >= 11 is 0. The standard InChI is InChI=1S/C12H12N4/c1-2-12(14,7-13)10-3-4-11-9(5-10)6-15-8-16-11/h3-6,8H,2,14H2,1H3. The SMILES string of the molecule is CCC(N)(C#N)c1ccc2ncncc2c1. The van der Waals surface area contributed by atoms with Gasteiger partial charge in [0, 0.05) is 11.6 Å². The molecule has 2 N–H and O–H groups in total. The van der Waals surface area contributed by atoms with Crippen molar-refractivity contribution in [2.24, 2.45) is 5.73 Å². The highest BCUT2D eigenvalue weighted by Crippen LogP contribution is 2.24. The Hall–Kier alpha value is -1.99. The average Bonchev–Trinajstić information content (AvgIpc) is 2.37. The Balaban J connectivity index is 2.60. The highest BCUT2D eigenvalue weighted by Gasteiger charge is 2.24. The van der Waals surface area contributed by atoms with E-state index in [4.69, 9.17) is 11.0 Å². The van der Waals surface area contributed by atoms with Gasteiger partial charge in [0.15, 0.2) is 0 Å². The van der Waals surface area contributed by atoms with E-state index in [-0.39, 0.29) is 0 Å². The molecule has 1 atom stereocenters. The highest BCUT2D eigenvalue weighted by atomic mass is 14.8. The number of nitrogens with zero attached hydrogens (tertiary/aromatic N) is 3. The lowest BCUT2D eigenvalue weighted by atomic mass is 9.89. The van der Waals surface area contributed by atoms with Crippen molar-refractivity contribution in [3.05, 3.63) is 36.3 Å². The topological polar surface area (TPSA) is 75.6 Å². The van der Waals surface area contributed by atoms with Crippen LogP contribution in [-0.2, 0) is 5.54 Å². The van der Waals surface area contributed by atoms with Gasteiger partial charge in [0.05, 0.1) is 11.6 Å². The number of nitrogens with two attached hydrogens (primary N) is 1. The lowest BCUT2D eigenvalue weighted by Crippen LogP contribution is -2.33. The smallest absolute Gasteiger partial charge is 0.129 e. The van der Waals surface area contributed by atoms with Crippen molar-refractivity contribution in [3.63, 3.8) is 0 Å². The molecule has 16 heavy (non-hydrogen) atoms. The van der Waals surface area contributed by atoms with E-state index >= 15 is 0 Å². The van der Waals surface area contributed by atoms with Crippen LogP contribution in [0.2, 0.25) is 0 Å². The zero-order valence-electron chi connectivity index (χ0n) is 9.01. The molecule has 2 aromatic rings. The van der Waals surface area contributed by atoms with Gasteiger partial charge in [-0.15, -0.1) is 0 Å². The van der Waals surface area contributed by atoms with Gasteiger partial charge in [-0.05, 0) is 24.1 Å². The lowest BCUT2D eigenvalue weighted by molar-refractivity contribution is 0.556. The van der Waals surface area contributed by atoms with Gasteiger partial charge >= 0.3 is 0 Å². The third-order valence-corrected chi connectivity index (χ3v) is 2.78. The summed E-state index contributed by atoms with van der Waals surface area (Å²) in [5, 5.41) is 10.0. The van der Waals surface area contributed by atoms with Gasteiger partial charge in [-0.1, -0.05) is 13.0 Å². The van der Waals surface area contributed by atoms with Gasteiger partial charge in [0.25, 0.3) is 0 Å². The number of benzene rings is 1. The van der Waals surface area contributed by atoms with Gasteiger partial charge in [-0.3, -0.25) is 0 Å². The Bertz CT molecular complexity index is 558. The molecule has 2 rings (SSSR count). The molecule has 0 radical (unpaired) electrons. The number of fused-ring (bicyclic) bond motifs is 1. The molecule has 0 fully saturated rings. The van der Waals surface area contributed by atoms with E-state index in [9.17, 15) is 0 Å². The number of hydrogen-bond acceptors (Lipinski definition) is 4. The molecule has 0 bridgehead atoms. The van der Waals surface area contributed by atoms with Crippen molar-refractivity contribution >= 4 is 10.9 Å². The summed E-state index contributed by atoms with van der Waals surface area (Å²) < 4.78 is 0. The molecular formula is C12H12N4. The van der Waals surface area contributed by atoms with E-state index in [0.29, 0.717) is 6.42 Å². The summed E-state index contributed by atoms with van der Waals surface area (Å²) in [7, 11) is 0. The molecule has 1 aromatic heterocycles. The summed E-state index contributed by atoms with van der Waals surface area (Å²) in [6.07, 6.45) is 3.80. The first-order valence-corrected chi connectivity index (χ1v) is 5.10. The molecule has 4 nitrogen and oxygen atoms in total. The first-order valence-electron chi connectivity index (χ1n) is 5.10. The predicted molar refractivity (Wildman–Crippen MR) is 61.3 cm³/mol. The van der Waals surface area contributed by atoms with Crippen molar-refractivity contribution in [2.45, 2.75) is 18.9 Å². The van der Waals surface area contributed by atoms with Crippen LogP contribution in [0.15, 0.2) is 30.7 Å². The van der Waals surface area contributed by atoms with E-state index in [1.807, 2.05) is 25.1 Å². The molecule has 1 heterocycles. The number of aromatic nitrogens is 2. The number of rotatable bonds is 2. The van der Waals surface area contributed by atoms with Crippen LogP contribution < -0.4 is 5.73 Å². The van der Waals surface area contributed by atoms with Gasteiger partial charge in [0.2, 0.25) is 0 Å². The minimum atomic E-state index is -0.927. The molecule has 0 aliphatic carbocycles. The van der Waals surface area contributed by atoms with Gasteiger partial charge < -0.3 is 5.73 Å². The molecule has 80 valence electrons. The van der Waals surface area contributed by atoms with E-state index in [1.165, 1.54) is 6.33 Å². The third kappa shape index (κ3) is 1.62. The molecule has 4 heteroatoms. The number of hydrogen-bond donors (Lipinski definition) is 1. The maximum Gasteiger partial charge on any atom is 0.129 e. The summed E-state index contributed by atoms with van der Waals surface area (Å²) in [5.74, 6) is 0. The Morgan fingerprint density at radius 3 is 3.00 bits per heavy atom. The Kier molecular flexibility index (Phi) is 2.55. The van der Waals surface area contributed by atoms with Crippen LogP contribution in [-0.4, -0.2) is 9.97 Å². The van der Waals surface area contributed by atoms with Gasteiger partial charge in [-0.25, -0.2) is 9.97 Å². The summed E-state index contributed by atoms with van der Waals surface area (Å²) in [6, 6.07) is 7.73. The van der Waals surface area contributed by atoms with Crippen LogP contribution in [0, 0.1) is 11.3 Å². The first kappa shape index (κ1) is 10.5. The van der Waals surface area contributed by atoms with Crippen molar-refractivity contribution in [2.75, 3.05) is 0 Å². The van der Waals surface area contributed by atoms with E-state index in [1.54, 1.807) is 6.20 Å². The van der Waals surface area contributed by atoms with Crippen LogP contribution >= 0.6 is 0 Å². The van der Waals surface area contributed by atoms with Crippen molar-refractivity contribution < 1.29 is 0 Å². The van der Waals surface area contributed by atoms with Crippen molar-refractivity contribution in [3.8, 4) is 6.07 Å². The highest BCUT2D eigenvalue weighted by molar-refractivity contribution is 5.78. The van der Waals surface area contributed by atoms with Crippen LogP contribution in [0.4, 0.5) is 0 Å². The van der Waals surface area contributed by atoms with Crippen LogP contribution in [0.1, 0.15) is 18.9 Å². The quantitative estimate of drug-likeness (QED) is 0.822. The molecule has 0 aliphatic heterocycles. The second kappa shape index (κ2) is 3.87. The Morgan fingerprint density at radius 1 is 1.50 bits per heavy atom. The molecule has 1 aromatic carbocycles. The third-order valence-electron chi connectivity index (χ3n) is 2.78. The van der Waals surface area contributed by atoms with Crippen LogP contribution in [0.5, 0.6) is 0 Å². The Labute approximate surface area is 93.7 Å². The fourth-order valence-electron chi connectivity index (χ4n) is 1.61. The molecule has 1 unspecified atom stereocenters. The summed E-state index contributed by atoms with van der Waals surface area (Å²) in [4.78, 5) is 8.07. The predicted octanol–water partition coefficient (Wildman–Crippen LogP) is 1.72. The zero-order valence-corrected chi connectivity index (χ0v) is 9.01. The van der Waals surface area contributed by atoms with E-state index < -0.39 is 5.54 Å². The largest absolute Gasteiger partial charge is 0.310 e. The fourth-order valence-corrected chi connectivity index (χ4v) is 1.61. The maximum atomic E-state index is 9.10. The van der Waals surface area contributed by atoms with Crippen LogP contribution in [0.25, 0.3) is 10.9 Å². The summed E-state index contributed by atoms with van der Waals surface area (Å²) in [6.45, 7) is 1.90. The second-order valence-electron chi connectivity index (χ2n) is 3.73. The summed E-state index contributed by atoms with van der Waals surface area (Å²) in [5.41, 5.74) is 6.74. The minimum Gasteiger partial charge on any atom is -0.310 e. The van der Waals surface area contributed by atoms with Crippen LogP contribution in [0.3, 0.4) is 0 Å². The zero-order chi connectivity index (χ0) is 11.6. The van der Waals surface area contributed by atoms with Gasteiger partial charge in [0.1, 0.15) is 11.9 Å². The first-order chi connectivity index (χ1) is 7.69. The average molecular weight is 212 g/mol. The van der Waals surface area contributed by atoms with Crippen molar-refractivity contribution in [1.29, 1.82) is 5.26 Å². The second-order valence-corrected chi connectivity index (χ2v) is 3.73. The molecule has 0 saturated heterocycles. The minimum absolute atomic E-state index is 0.572. The van der Waals surface area contributed by atoms with E-state index in [2.05, 4.69) is 16.0 Å². The van der Waals surface area contributed by atoms with Crippen molar-refractivity contribution in [1.82, 2.24) is 9.97 Å². The molecule has 0 spiro atoms. The Morgan fingerprint density at radius 2 is 2.31 bits per heavy atom. The molecule has 0 aliphatic rings. The fraction of sp³-hybridized carbons (Fsp3) is 0.250.